The highest BCUT2D eigenvalue weighted by atomic mass is 15.0. The summed E-state index contributed by atoms with van der Waals surface area (Å²) in [5.41, 5.74) is 11.1. The summed E-state index contributed by atoms with van der Waals surface area (Å²) in [5.74, 6) is 0. The fourth-order valence-electron chi connectivity index (χ4n) is 9.71. The average molecular weight is 722 g/mol. The summed E-state index contributed by atoms with van der Waals surface area (Å²) in [4.78, 5) is 4.44. The first kappa shape index (κ1) is 31.5. The molecule has 10 aromatic carbocycles. The summed E-state index contributed by atoms with van der Waals surface area (Å²) in [5, 5.41) is 24.5. The van der Waals surface area contributed by atoms with Crippen molar-refractivity contribution in [3.05, 3.63) is 194 Å². The van der Waals surface area contributed by atoms with Gasteiger partial charge in [0.25, 0.3) is 0 Å². The zero-order valence-electron chi connectivity index (χ0n) is 30.7. The summed E-state index contributed by atoms with van der Waals surface area (Å²) in [6, 6.07) is 66.0. The van der Waals surface area contributed by atoms with E-state index in [9.17, 15) is 5.26 Å². The lowest BCUT2D eigenvalue weighted by Gasteiger charge is -2.20. The number of benzene rings is 10. The van der Waals surface area contributed by atoms with E-state index in [0.29, 0.717) is 5.56 Å². The first-order valence-corrected chi connectivity index (χ1v) is 19.3. The third-order valence-corrected chi connectivity index (χ3v) is 12.0. The first-order valence-electron chi connectivity index (χ1n) is 19.3. The zero-order valence-corrected chi connectivity index (χ0v) is 30.7. The molecule has 0 fully saturated rings. The molecule has 0 aliphatic carbocycles. The molecule has 0 N–H and O–H groups in total. The first-order chi connectivity index (χ1) is 28.3. The van der Waals surface area contributed by atoms with Crippen molar-refractivity contribution in [2.45, 2.75) is 0 Å². The topological polar surface area (TPSA) is 41.6 Å². The van der Waals surface area contributed by atoms with Crippen LogP contribution in [0.15, 0.2) is 188 Å². The highest BCUT2D eigenvalue weighted by Gasteiger charge is 2.24. The molecule has 0 atom stereocenters. The van der Waals surface area contributed by atoms with Crippen molar-refractivity contribution >= 4 is 75.7 Å². The quantitative estimate of drug-likeness (QED) is 0.134. The Morgan fingerprint density at radius 3 is 1.70 bits per heavy atom. The second kappa shape index (κ2) is 12.1. The Morgan fingerprint density at radius 2 is 1.02 bits per heavy atom. The number of hydrogen-bond donors (Lipinski definition) is 0. The second-order valence-electron chi connectivity index (χ2n) is 14.9. The van der Waals surface area contributed by atoms with Crippen LogP contribution in [0.5, 0.6) is 0 Å². The lowest BCUT2D eigenvalue weighted by molar-refractivity contribution is 1.20. The minimum atomic E-state index is 0.656. The van der Waals surface area contributed by atoms with Crippen LogP contribution in [0.3, 0.4) is 0 Å². The Hall–Kier alpha value is -7.80. The van der Waals surface area contributed by atoms with Gasteiger partial charge in [-0.2, -0.15) is 5.26 Å². The van der Waals surface area contributed by atoms with Gasteiger partial charge in [-0.15, -0.1) is 0 Å². The van der Waals surface area contributed by atoms with Crippen molar-refractivity contribution in [2.75, 3.05) is 0 Å². The number of pyridine rings is 1. The van der Waals surface area contributed by atoms with Gasteiger partial charge in [0, 0.05) is 34.1 Å². The van der Waals surface area contributed by atoms with E-state index < -0.39 is 0 Å². The maximum absolute atomic E-state index is 10.2. The molecule has 2 aromatic heterocycles. The van der Waals surface area contributed by atoms with Gasteiger partial charge in [0.05, 0.1) is 28.4 Å². The molecule has 0 saturated heterocycles. The number of fused-ring (bicyclic) bond motifs is 4. The molecular formula is C54H31N3. The zero-order chi connectivity index (χ0) is 37.6. The largest absolute Gasteiger partial charge is 0.309 e. The standard InChI is InChI=1S/C54H31N3/c55-31-33-29-35-22-23-47-46(26-27-49-54(47)51(35)50(30-33)57(49)48-21-9-12-34-11-1-2-14-38(34)48)53-43-19-7-5-17-41(43)52(42-18-6-8-20-44(42)53)45-25-24-37(36-13-10-28-56-32-36)39-15-3-4-16-40(39)45/h1-30,32H. The SMILES string of the molecule is N#Cc1cc2ccc3c(-c4c5ccccc5c(-c5ccc(-c6cccnc6)c6ccccc56)c5ccccc45)ccc4c3c2c(c1)n4-c1cccc2ccccc12. The molecule has 12 aromatic rings. The highest BCUT2D eigenvalue weighted by molar-refractivity contribution is 6.31. The summed E-state index contributed by atoms with van der Waals surface area (Å²) >= 11 is 0. The smallest absolute Gasteiger partial charge is 0.0992 e. The molecule has 2 heterocycles. The van der Waals surface area contributed by atoms with Gasteiger partial charge in [0.15, 0.2) is 0 Å². The molecule has 3 heteroatoms. The van der Waals surface area contributed by atoms with Crippen LogP contribution in [0.2, 0.25) is 0 Å². The molecule has 12 rings (SSSR count). The second-order valence-corrected chi connectivity index (χ2v) is 14.9. The van der Waals surface area contributed by atoms with E-state index in [0.717, 1.165) is 27.7 Å². The van der Waals surface area contributed by atoms with Crippen molar-refractivity contribution in [3.63, 3.8) is 0 Å². The third-order valence-electron chi connectivity index (χ3n) is 12.0. The number of nitriles is 1. The number of aromatic nitrogens is 2. The Morgan fingerprint density at radius 1 is 0.421 bits per heavy atom. The summed E-state index contributed by atoms with van der Waals surface area (Å²) < 4.78 is 2.37. The molecule has 0 amide bonds. The van der Waals surface area contributed by atoms with Crippen LogP contribution >= 0.6 is 0 Å². The van der Waals surface area contributed by atoms with Gasteiger partial charge in [-0.1, -0.05) is 146 Å². The lowest BCUT2D eigenvalue weighted by Crippen LogP contribution is -1.96. The summed E-state index contributed by atoms with van der Waals surface area (Å²) in [7, 11) is 0. The van der Waals surface area contributed by atoms with Crippen molar-refractivity contribution in [1.82, 2.24) is 9.55 Å². The molecular weight excluding hydrogens is 691 g/mol. The van der Waals surface area contributed by atoms with Gasteiger partial charge >= 0.3 is 0 Å². The number of rotatable bonds is 4. The van der Waals surface area contributed by atoms with Gasteiger partial charge in [-0.05, 0) is 107 Å². The monoisotopic (exact) mass is 721 g/mol. The van der Waals surface area contributed by atoms with Crippen LogP contribution in [0.25, 0.3) is 115 Å². The molecule has 0 unspecified atom stereocenters. The summed E-state index contributed by atoms with van der Waals surface area (Å²) in [6.45, 7) is 0. The van der Waals surface area contributed by atoms with Gasteiger partial charge in [-0.25, -0.2) is 0 Å². The Labute approximate surface area is 328 Å². The van der Waals surface area contributed by atoms with Gasteiger partial charge in [0.2, 0.25) is 0 Å². The maximum Gasteiger partial charge on any atom is 0.0992 e. The van der Waals surface area contributed by atoms with Crippen molar-refractivity contribution < 1.29 is 0 Å². The van der Waals surface area contributed by atoms with Gasteiger partial charge < -0.3 is 4.57 Å². The molecule has 0 radical (unpaired) electrons. The molecule has 3 nitrogen and oxygen atoms in total. The van der Waals surface area contributed by atoms with E-state index in [-0.39, 0.29) is 0 Å². The van der Waals surface area contributed by atoms with Gasteiger partial charge in [-0.3, -0.25) is 4.98 Å². The number of nitrogens with zero attached hydrogens (tertiary/aromatic N) is 3. The fraction of sp³-hybridized carbons (Fsp3) is 0. The number of hydrogen-bond acceptors (Lipinski definition) is 2. The Balaban J connectivity index is 1.18. The normalized spacial score (nSPS) is 11.8. The van der Waals surface area contributed by atoms with Crippen molar-refractivity contribution in [1.29, 1.82) is 5.26 Å². The molecule has 262 valence electrons. The van der Waals surface area contributed by atoms with Crippen molar-refractivity contribution in [2.24, 2.45) is 0 Å². The van der Waals surface area contributed by atoms with E-state index >= 15 is 0 Å². The Bertz CT molecular complexity index is 3580. The predicted molar refractivity (Wildman–Crippen MR) is 238 cm³/mol. The van der Waals surface area contributed by atoms with Crippen LogP contribution in [-0.2, 0) is 0 Å². The minimum absolute atomic E-state index is 0.656. The minimum Gasteiger partial charge on any atom is -0.309 e. The Kier molecular flexibility index (Phi) is 6.70. The van der Waals surface area contributed by atoms with E-state index in [1.54, 1.807) is 0 Å². The molecule has 0 spiro atoms. The molecule has 57 heavy (non-hydrogen) atoms. The average Bonchev–Trinajstić information content (AvgIpc) is 3.61. The van der Waals surface area contributed by atoms with E-state index in [4.69, 9.17) is 0 Å². The van der Waals surface area contributed by atoms with Crippen LogP contribution < -0.4 is 0 Å². The molecule has 0 aliphatic rings. The molecule has 0 saturated carbocycles. The highest BCUT2D eigenvalue weighted by Crippen LogP contribution is 2.50. The molecule has 0 aliphatic heterocycles. The van der Waals surface area contributed by atoms with E-state index in [1.807, 2.05) is 24.5 Å². The van der Waals surface area contributed by atoms with Crippen LogP contribution in [0, 0.1) is 11.3 Å². The fourth-order valence-corrected chi connectivity index (χ4v) is 9.71. The van der Waals surface area contributed by atoms with Crippen LogP contribution in [0.1, 0.15) is 5.56 Å². The lowest BCUT2D eigenvalue weighted by atomic mass is 9.83. The van der Waals surface area contributed by atoms with E-state index in [1.165, 1.54) is 87.1 Å². The molecule has 0 bridgehead atoms. The van der Waals surface area contributed by atoms with E-state index in [2.05, 4.69) is 179 Å². The predicted octanol–water partition coefficient (Wildman–Crippen LogP) is 14.3. The third kappa shape index (κ3) is 4.50. The summed E-state index contributed by atoms with van der Waals surface area (Å²) in [6.07, 6.45) is 3.78. The van der Waals surface area contributed by atoms with Gasteiger partial charge in [0.1, 0.15) is 0 Å². The van der Waals surface area contributed by atoms with Crippen LogP contribution in [-0.4, -0.2) is 9.55 Å². The van der Waals surface area contributed by atoms with Crippen molar-refractivity contribution in [3.8, 4) is 45.1 Å². The maximum atomic E-state index is 10.2. The van der Waals surface area contributed by atoms with Crippen LogP contribution in [0.4, 0.5) is 0 Å².